The molecule has 0 aliphatic carbocycles. The first kappa shape index (κ1) is 12.6. The lowest BCUT2D eigenvalue weighted by Gasteiger charge is -2.32. The van der Waals surface area contributed by atoms with E-state index in [4.69, 9.17) is 10.5 Å². The Kier molecular flexibility index (Phi) is 3.99. The Balaban J connectivity index is 1.99. The molecule has 1 heterocycles. The predicted octanol–water partition coefficient (Wildman–Crippen LogP) is 1.53. The van der Waals surface area contributed by atoms with Gasteiger partial charge in [-0.05, 0) is 30.7 Å². The molecule has 2 rings (SSSR count). The van der Waals surface area contributed by atoms with Crippen LogP contribution in [0.1, 0.15) is 12.5 Å². The van der Waals surface area contributed by atoms with Crippen molar-refractivity contribution in [2.75, 3.05) is 25.5 Å². The summed E-state index contributed by atoms with van der Waals surface area (Å²) in [4.78, 5) is 13.8. The van der Waals surface area contributed by atoms with Gasteiger partial charge < -0.3 is 15.4 Å². The molecule has 1 aliphatic rings. The maximum atomic E-state index is 12.0. The van der Waals surface area contributed by atoms with Crippen molar-refractivity contribution in [3.63, 3.8) is 0 Å². The molecule has 1 fully saturated rings. The van der Waals surface area contributed by atoms with Gasteiger partial charge in [0.05, 0.1) is 19.3 Å². The van der Waals surface area contributed by atoms with Crippen molar-refractivity contribution in [2.45, 2.75) is 13.0 Å². The maximum absolute atomic E-state index is 12.0. The number of carbonyl (C=O) groups is 1. The van der Waals surface area contributed by atoms with E-state index in [1.54, 1.807) is 6.08 Å². The van der Waals surface area contributed by atoms with Crippen LogP contribution in [0.4, 0.5) is 5.69 Å². The molecule has 96 valence electrons. The summed E-state index contributed by atoms with van der Waals surface area (Å²) in [6.07, 6.45) is 3.41. The van der Waals surface area contributed by atoms with Crippen molar-refractivity contribution in [3.05, 3.63) is 35.9 Å². The summed E-state index contributed by atoms with van der Waals surface area (Å²) in [5.41, 5.74) is 7.30. The van der Waals surface area contributed by atoms with Gasteiger partial charge in [-0.1, -0.05) is 12.1 Å². The van der Waals surface area contributed by atoms with E-state index in [1.807, 2.05) is 42.2 Å². The number of hydrogen-bond donors (Lipinski definition) is 1. The molecule has 0 bridgehead atoms. The maximum Gasteiger partial charge on any atom is 0.246 e. The number of hydrogen-bond acceptors (Lipinski definition) is 3. The zero-order valence-corrected chi connectivity index (χ0v) is 10.5. The molecular formula is C14H18N2O2. The monoisotopic (exact) mass is 246 g/mol. The Bertz CT molecular complexity index is 440. The number of amides is 1. The summed E-state index contributed by atoms with van der Waals surface area (Å²) < 4.78 is 5.31. The standard InChI is InChI=1S/C14H18N2O2/c1-11-10-18-9-8-16(11)14(17)7-4-12-2-5-13(15)6-3-12/h2-7,11H,8-10,15H2,1H3/b7-4+/t11-/m1/s1. The normalized spacial score (nSPS) is 20.3. The van der Waals surface area contributed by atoms with Gasteiger partial charge in [0.2, 0.25) is 5.91 Å². The van der Waals surface area contributed by atoms with Gasteiger partial charge in [0, 0.05) is 18.3 Å². The fourth-order valence-corrected chi connectivity index (χ4v) is 1.92. The molecule has 0 aromatic heterocycles. The molecule has 4 nitrogen and oxygen atoms in total. The lowest BCUT2D eigenvalue weighted by molar-refractivity contribution is -0.133. The van der Waals surface area contributed by atoms with E-state index in [-0.39, 0.29) is 11.9 Å². The molecule has 0 saturated carbocycles. The summed E-state index contributed by atoms with van der Waals surface area (Å²) in [5, 5.41) is 0. The van der Waals surface area contributed by atoms with Crippen molar-refractivity contribution in [1.29, 1.82) is 0 Å². The summed E-state index contributed by atoms with van der Waals surface area (Å²) >= 11 is 0. The van der Waals surface area contributed by atoms with Crippen molar-refractivity contribution in [3.8, 4) is 0 Å². The van der Waals surface area contributed by atoms with E-state index in [2.05, 4.69) is 0 Å². The van der Waals surface area contributed by atoms with Crippen LogP contribution in [0.3, 0.4) is 0 Å². The molecule has 4 heteroatoms. The van der Waals surface area contributed by atoms with E-state index in [9.17, 15) is 4.79 Å². The first-order valence-corrected chi connectivity index (χ1v) is 6.09. The Hall–Kier alpha value is -1.81. The van der Waals surface area contributed by atoms with Gasteiger partial charge >= 0.3 is 0 Å². The molecule has 2 N–H and O–H groups in total. The highest BCUT2D eigenvalue weighted by Gasteiger charge is 2.21. The Morgan fingerprint density at radius 2 is 2.17 bits per heavy atom. The molecule has 1 saturated heterocycles. The molecule has 0 spiro atoms. The zero-order chi connectivity index (χ0) is 13.0. The molecule has 0 radical (unpaired) electrons. The van der Waals surface area contributed by atoms with Crippen LogP contribution in [0.15, 0.2) is 30.3 Å². The lowest BCUT2D eigenvalue weighted by Crippen LogP contribution is -2.46. The number of nitrogen functional groups attached to an aromatic ring is 1. The molecular weight excluding hydrogens is 228 g/mol. The molecule has 1 aromatic carbocycles. The van der Waals surface area contributed by atoms with Gasteiger partial charge in [0.15, 0.2) is 0 Å². The van der Waals surface area contributed by atoms with E-state index < -0.39 is 0 Å². The molecule has 1 aromatic rings. The highest BCUT2D eigenvalue weighted by atomic mass is 16.5. The number of nitrogens with two attached hydrogens (primary N) is 1. The third-order valence-corrected chi connectivity index (χ3v) is 3.01. The second kappa shape index (κ2) is 5.69. The summed E-state index contributed by atoms with van der Waals surface area (Å²) in [6.45, 7) is 3.88. The van der Waals surface area contributed by atoms with Crippen molar-refractivity contribution in [2.24, 2.45) is 0 Å². The minimum Gasteiger partial charge on any atom is -0.399 e. The topological polar surface area (TPSA) is 55.6 Å². The second-order valence-corrected chi connectivity index (χ2v) is 4.46. The summed E-state index contributed by atoms with van der Waals surface area (Å²) in [5.74, 6) is 0.0302. The van der Waals surface area contributed by atoms with E-state index in [0.717, 1.165) is 11.3 Å². The third-order valence-electron chi connectivity index (χ3n) is 3.01. The number of benzene rings is 1. The van der Waals surface area contributed by atoms with Crippen molar-refractivity contribution in [1.82, 2.24) is 4.90 Å². The average Bonchev–Trinajstić information content (AvgIpc) is 2.38. The summed E-state index contributed by atoms with van der Waals surface area (Å²) in [6, 6.07) is 7.56. The predicted molar refractivity (Wildman–Crippen MR) is 71.9 cm³/mol. The highest BCUT2D eigenvalue weighted by molar-refractivity contribution is 5.92. The molecule has 1 atom stereocenters. The number of nitrogens with zero attached hydrogens (tertiary/aromatic N) is 1. The Morgan fingerprint density at radius 3 is 2.83 bits per heavy atom. The van der Waals surface area contributed by atoms with E-state index >= 15 is 0 Å². The van der Waals surface area contributed by atoms with Crippen LogP contribution in [0, 0.1) is 0 Å². The smallest absolute Gasteiger partial charge is 0.246 e. The quantitative estimate of drug-likeness (QED) is 0.636. The fourth-order valence-electron chi connectivity index (χ4n) is 1.92. The number of rotatable bonds is 2. The van der Waals surface area contributed by atoms with Crippen LogP contribution in [-0.2, 0) is 9.53 Å². The van der Waals surface area contributed by atoms with E-state index in [1.165, 1.54) is 0 Å². The first-order valence-electron chi connectivity index (χ1n) is 6.09. The Morgan fingerprint density at radius 1 is 1.44 bits per heavy atom. The van der Waals surface area contributed by atoms with Gasteiger partial charge in [0.1, 0.15) is 0 Å². The first-order chi connectivity index (χ1) is 8.66. The zero-order valence-electron chi connectivity index (χ0n) is 10.5. The van der Waals surface area contributed by atoms with Crippen LogP contribution in [0.2, 0.25) is 0 Å². The highest BCUT2D eigenvalue weighted by Crippen LogP contribution is 2.10. The fraction of sp³-hybridized carbons (Fsp3) is 0.357. The van der Waals surface area contributed by atoms with Crippen LogP contribution in [0.5, 0.6) is 0 Å². The van der Waals surface area contributed by atoms with Gasteiger partial charge in [0.25, 0.3) is 0 Å². The van der Waals surface area contributed by atoms with Gasteiger partial charge in [-0.3, -0.25) is 4.79 Å². The van der Waals surface area contributed by atoms with Crippen LogP contribution < -0.4 is 5.73 Å². The van der Waals surface area contributed by atoms with Crippen LogP contribution in [-0.4, -0.2) is 36.6 Å². The van der Waals surface area contributed by atoms with E-state index in [0.29, 0.717) is 19.8 Å². The molecule has 1 amide bonds. The van der Waals surface area contributed by atoms with Crippen molar-refractivity contribution >= 4 is 17.7 Å². The second-order valence-electron chi connectivity index (χ2n) is 4.46. The SMILES string of the molecule is C[C@@H]1COCCN1C(=O)/C=C/c1ccc(N)cc1. The number of morpholine rings is 1. The number of ether oxygens (including phenoxy) is 1. The van der Waals surface area contributed by atoms with Crippen LogP contribution in [0.25, 0.3) is 6.08 Å². The van der Waals surface area contributed by atoms with Crippen molar-refractivity contribution < 1.29 is 9.53 Å². The minimum absolute atomic E-state index is 0.0302. The largest absolute Gasteiger partial charge is 0.399 e. The number of anilines is 1. The Labute approximate surface area is 107 Å². The van der Waals surface area contributed by atoms with Gasteiger partial charge in [-0.15, -0.1) is 0 Å². The third kappa shape index (κ3) is 3.11. The molecule has 1 aliphatic heterocycles. The van der Waals surface area contributed by atoms with Crippen LogP contribution >= 0.6 is 0 Å². The number of carbonyl (C=O) groups excluding carboxylic acids is 1. The van der Waals surface area contributed by atoms with Gasteiger partial charge in [-0.25, -0.2) is 0 Å². The average molecular weight is 246 g/mol. The lowest BCUT2D eigenvalue weighted by atomic mass is 10.2. The van der Waals surface area contributed by atoms with Gasteiger partial charge in [-0.2, -0.15) is 0 Å². The molecule has 18 heavy (non-hydrogen) atoms. The summed E-state index contributed by atoms with van der Waals surface area (Å²) in [7, 11) is 0. The molecule has 0 unspecified atom stereocenters. The minimum atomic E-state index is 0.0302.